The highest BCUT2D eigenvalue weighted by molar-refractivity contribution is 5.76. The maximum atomic E-state index is 13.4. The molecule has 1 aliphatic carbocycles. The van der Waals surface area contributed by atoms with Gasteiger partial charge >= 0.3 is 0 Å². The van der Waals surface area contributed by atoms with Crippen molar-refractivity contribution in [2.75, 3.05) is 0 Å². The van der Waals surface area contributed by atoms with Crippen molar-refractivity contribution in [2.45, 2.75) is 50.7 Å². The summed E-state index contributed by atoms with van der Waals surface area (Å²) in [5, 5.41) is 12.3. The smallest absolute Gasteiger partial charge is 0.220 e. The van der Waals surface area contributed by atoms with Gasteiger partial charge in [-0.1, -0.05) is 12.1 Å². The van der Waals surface area contributed by atoms with E-state index < -0.39 is 11.6 Å². The standard InChI is InChI=1S/C15H19F2NO2/c16-13-3-1-2-10(15(13)17)4-9-14(20)18-11-5-7-12(19)8-6-11/h1-3,11-12,19H,4-9H2,(H,18,20). The Morgan fingerprint density at radius 2 is 1.95 bits per heavy atom. The number of aliphatic hydroxyl groups excluding tert-OH is 1. The van der Waals surface area contributed by atoms with Crippen molar-refractivity contribution in [3.05, 3.63) is 35.4 Å². The predicted octanol–water partition coefficient (Wildman–Crippen LogP) is 2.32. The number of rotatable bonds is 4. The Labute approximate surface area is 117 Å². The minimum atomic E-state index is -0.885. The van der Waals surface area contributed by atoms with Gasteiger partial charge in [-0.2, -0.15) is 0 Å². The van der Waals surface area contributed by atoms with Gasteiger partial charge in [-0.05, 0) is 43.7 Å². The van der Waals surface area contributed by atoms with Crippen molar-refractivity contribution in [1.82, 2.24) is 5.32 Å². The molecule has 1 aromatic carbocycles. The first-order chi connectivity index (χ1) is 9.56. The van der Waals surface area contributed by atoms with E-state index in [1.807, 2.05) is 0 Å². The molecule has 1 amide bonds. The second-order valence-electron chi connectivity index (χ2n) is 5.29. The van der Waals surface area contributed by atoms with E-state index in [-0.39, 0.29) is 36.5 Å². The molecular weight excluding hydrogens is 264 g/mol. The van der Waals surface area contributed by atoms with Gasteiger partial charge in [0, 0.05) is 12.5 Å². The fourth-order valence-electron chi connectivity index (χ4n) is 2.51. The third-order valence-electron chi connectivity index (χ3n) is 3.71. The molecule has 0 bridgehead atoms. The molecule has 2 rings (SSSR count). The fourth-order valence-corrected chi connectivity index (χ4v) is 2.51. The number of aryl methyl sites for hydroxylation is 1. The Hall–Kier alpha value is -1.49. The molecule has 1 aromatic rings. The van der Waals surface area contributed by atoms with Crippen molar-refractivity contribution >= 4 is 5.91 Å². The average Bonchev–Trinajstić information content (AvgIpc) is 2.43. The maximum absolute atomic E-state index is 13.4. The summed E-state index contributed by atoms with van der Waals surface area (Å²) in [6.07, 6.45) is 2.99. The Morgan fingerprint density at radius 1 is 1.25 bits per heavy atom. The van der Waals surface area contributed by atoms with E-state index in [1.54, 1.807) is 0 Å². The Morgan fingerprint density at radius 3 is 2.65 bits per heavy atom. The van der Waals surface area contributed by atoms with Gasteiger partial charge in [0.1, 0.15) is 0 Å². The van der Waals surface area contributed by atoms with Crippen LogP contribution in [0.5, 0.6) is 0 Å². The lowest BCUT2D eigenvalue weighted by molar-refractivity contribution is -0.122. The molecule has 0 radical (unpaired) electrons. The predicted molar refractivity (Wildman–Crippen MR) is 71.1 cm³/mol. The lowest BCUT2D eigenvalue weighted by atomic mass is 9.93. The maximum Gasteiger partial charge on any atom is 0.220 e. The summed E-state index contributed by atoms with van der Waals surface area (Å²) in [6.45, 7) is 0. The zero-order valence-electron chi connectivity index (χ0n) is 11.2. The van der Waals surface area contributed by atoms with Crippen molar-refractivity contribution in [3.63, 3.8) is 0 Å². The van der Waals surface area contributed by atoms with E-state index in [2.05, 4.69) is 5.32 Å². The molecule has 0 atom stereocenters. The van der Waals surface area contributed by atoms with Gasteiger partial charge in [-0.15, -0.1) is 0 Å². The number of carbonyl (C=O) groups excluding carboxylic acids is 1. The van der Waals surface area contributed by atoms with Gasteiger partial charge in [-0.25, -0.2) is 8.78 Å². The molecular formula is C15H19F2NO2. The van der Waals surface area contributed by atoms with E-state index in [0.29, 0.717) is 12.8 Å². The molecule has 0 heterocycles. The minimum Gasteiger partial charge on any atom is -0.393 e. The van der Waals surface area contributed by atoms with Gasteiger partial charge in [0.05, 0.1) is 6.10 Å². The van der Waals surface area contributed by atoms with E-state index in [9.17, 15) is 18.7 Å². The van der Waals surface area contributed by atoms with Gasteiger partial charge in [0.15, 0.2) is 11.6 Å². The Balaban J connectivity index is 1.79. The van der Waals surface area contributed by atoms with E-state index >= 15 is 0 Å². The topological polar surface area (TPSA) is 49.3 Å². The van der Waals surface area contributed by atoms with Crippen LogP contribution < -0.4 is 5.32 Å². The summed E-state index contributed by atoms with van der Waals surface area (Å²) in [6, 6.07) is 4.08. The first-order valence-corrected chi connectivity index (χ1v) is 6.96. The lowest BCUT2D eigenvalue weighted by Gasteiger charge is -2.26. The van der Waals surface area contributed by atoms with Crippen LogP contribution in [0.25, 0.3) is 0 Å². The summed E-state index contributed by atoms with van der Waals surface area (Å²) in [5.41, 5.74) is 0.221. The zero-order valence-corrected chi connectivity index (χ0v) is 11.2. The van der Waals surface area contributed by atoms with Crippen LogP contribution in [0.4, 0.5) is 8.78 Å². The van der Waals surface area contributed by atoms with Crippen LogP contribution in [0.15, 0.2) is 18.2 Å². The average molecular weight is 283 g/mol. The molecule has 0 saturated heterocycles. The molecule has 0 unspecified atom stereocenters. The monoisotopic (exact) mass is 283 g/mol. The highest BCUT2D eigenvalue weighted by Crippen LogP contribution is 2.18. The SMILES string of the molecule is O=C(CCc1cccc(F)c1F)NC1CCC(O)CC1. The summed E-state index contributed by atoms with van der Waals surface area (Å²) >= 11 is 0. The molecule has 5 heteroatoms. The van der Waals surface area contributed by atoms with Gasteiger partial charge in [0.25, 0.3) is 0 Å². The summed E-state index contributed by atoms with van der Waals surface area (Å²) < 4.78 is 26.4. The second-order valence-corrected chi connectivity index (χ2v) is 5.29. The third kappa shape index (κ3) is 4.00. The van der Waals surface area contributed by atoms with Crippen LogP contribution in [0.1, 0.15) is 37.7 Å². The largest absolute Gasteiger partial charge is 0.393 e. The number of benzene rings is 1. The van der Waals surface area contributed by atoms with E-state index in [0.717, 1.165) is 18.9 Å². The van der Waals surface area contributed by atoms with E-state index in [1.165, 1.54) is 12.1 Å². The van der Waals surface area contributed by atoms with Crippen LogP contribution in [0, 0.1) is 11.6 Å². The fraction of sp³-hybridized carbons (Fsp3) is 0.533. The lowest BCUT2D eigenvalue weighted by Crippen LogP contribution is -2.38. The highest BCUT2D eigenvalue weighted by Gasteiger charge is 2.20. The third-order valence-corrected chi connectivity index (χ3v) is 3.71. The van der Waals surface area contributed by atoms with Crippen molar-refractivity contribution < 1.29 is 18.7 Å². The van der Waals surface area contributed by atoms with Gasteiger partial charge < -0.3 is 10.4 Å². The summed E-state index contributed by atoms with van der Waals surface area (Å²) in [5.74, 6) is -1.92. The van der Waals surface area contributed by atoms with Gasteiger partial charge in [0.2, 0.25) is 5.91 Å². The molecule has 1 saturated carbocycles. The highest BCUT2D eigenvalue weighted by atomic mass is 19.2. The number of amides is 1. The molecule has 1 fully saturated rings. The van der Waals surface area contributed by atoms with Crippen LogP contribution >= 0.6 is 0 Å². The molecule has 0 aromatic heterocycles. The van der Waals surface area contributed by atoms with Crippen LogP contribution in [0.3, 0.4) is 0 Å². The van der Waals surface area contributed by atoms with Crippen LogP contribution in [-0.4, -0.2) is 23.2 Å². The van der Waals surface area contributed by atoms with Crippen molar-refractivity contribution in [2.24, 2.45) is 0 Å². The molecule has 110 valence electrons. The molecule has 3 nitrogen and oxygen atoms in total. The Bertz CT molecular complexity index is 471. The molecule has 1 aliphatic rings. The number of carbonyl (C=O) groups is 1. The second kappa shape index (κ2) is 6.79. The summed E-state index contributed by atoms with van der Waals surface area (Å²) in [7, 11) is 0. The molecule has 0 aliphatic heterocycles. The minimum absolute atomic E-state index is 0.0863. The zero-order chi connectivity index (χ0) is 14.5. The first-order valence-electron chi connectivity index (χ1n) is 6.96. The normalized spacial score (nSPS) is 22.6. The number of halogens is 2. The number of nitrogens with one attached hydrogen (secondary N) is 1. The number of hydrogen-bond donors (Lipinski definition) is 2. The van der Waals surface area contributed by atoms with Crippen LogP contribution in [-0.2, 0) is 11.2 Å². The molecule has 0 spiro atoms. The van der Waals surface area contributed by atoms with Crippen molar-refractivity contribution in [3.8, 4) is 0 Å². The molecule has 2 N–H and O–H groups in total. The van der Waals surface area contributed by atoms with E-state index in [4.69, 9.17) is 0 Å². The molecule has 20 heavy (non-hydrogen) atoms. The van der Waals surface area contributed by atoms with Gasteiger partial charge in [-0.3, -0.25) is 4.79 Å². The van der Waals surface area contributed by atoms with Crippen molar-refractivity contribution in [1.29, 1.82) is 0 Å². The van der Waals surface area contributed by atoms with Crippen LogP contribution in [0.2, 0.25) is 0 Å². The number of aliphatic hydroxyl groups is 1. The number of hydrogen-bond acceptors (Lipinski definition) is 2. The Kier molecular flexibility index (Phi) is 5.06. The quantitative estimate of drug-likeness (QED) is 0.891. The summed E-state index contributed by atoms with van der Waals surface area (Å²) in [4.78, 5) is 11.8. The first kappa shape index (κ1) is 14.9.